The number of rotatable bonds is 5. The Kier molecular flexibility index (Phi) is 27.8. The molecule has 31 heteroatoms. The van der Waals surface area contributed by atoms with Crippen molar-refractivity contribution in [1.82, 2.24) is 31.1 Å². The molecule has 548 valence electrons. The first-order chi connectivity index (χ1) is 48.4. The highest BCUT2D eigenvalue weighted by atomic mass is 19.4. The Labute approximate surface area is 592 Å². The molecule has 0 saturated carbocycles. The number of carbonyl (C=O) groups excluding carboxylic acids is 6. The number of nitro groups is 3. The van der Waals surface area contributed by atoms with Gasteiger partial charge in [0.15, 0.2) is 0 Å². The largest absolute Gasteiger partial charge is 0.471 e. The van der Waals surface area contributed by atoms with Crippen molar-refractivity contribution in [3.8, 4) is 0 Å². The summed E-state index contributed by atoms with van der Waals surface area (Å²) in [5, 5.41) is 49.4. The zero-order valence-electron chi connectivity index (χ0n) is 58.1. The van der Waals surface area contributed by atoms with E-state index >= 15 is 0 Å². The van der Waals surface area contributed by atoms with Crippen molar-refractivity contribution in [1.29, 1.82) is 0 Å². The van der Waals surface area contributed by atoms with Gasteiger partial charge in [-0.05, 0) is 179 Å². The van der Waals surface area contributed by atoms with Gasteiger partial charge in [-0.2, -0.15) is 26.3 Å². The summed E-state index contributed by atoms with van der Waals surface area (Å²) in [5.74, 6) is -4.20. The van der Waals surface area contributed by atoms with Crippen LogP contribution in [-0.2, 0) is 88.6 Å². The van der Waals surface area contributed by atoms with Gasteiger partial charge in [0.25, 0.3) is 28.9 Å². The highest BCUT2D eigenvalue weighted by molar-refractivity contribution is 6.11. The van der Waals surface area contributed by atoms with Crippen LogP contribution in [-0.4, -0.2) is 129 Å². The van der Waals surface area contributed by atoms with E-state index in [1.807, 2.05) is 50.2 Å². The lowest BCUT2D eigenvalue weighted by Crippen LogP contribution is -2.48. The van der Waals surface area contributed by atoms with E-state index in [2.05, 4.69) is 57.9 Å². The van der Waals surface area contributed by atoms with Crippen LogP contribution in [0.1, 0.15) is 145 Å². The van der Waals surface area contributed by atoms with E-state index in [9.17, 15) is 85.5 Å². The molecule has 2 radical (unpaired) electrons. The summed E-state index contributed by atoms with van der Waals surface area (Å²) in [6.45, 7) is 16.3. The molecular formula is C72H82BF6N11O13. The average molecular weight is 1430 g/mol. The van der Waals surface area contributed by atoms with E-state index in [1.54, 1.807) is 43.3 Å². The summed E-state index contributed by atoms with van der Waals surface area (Å²) in [4.78, 5) is 99.4. The molecule has 7 atom stereocenters. The zero-order chi connectivity index (χ0) is 75.8. The van der Waals surface area contributed by atoms with Crippen molar-refractivity contribution in [2.45, 2.75) is 188 Å². The Bertz CT molecular complexity index is 4120. The topological polar surface area (TPSA) is 320 Å². The number of benzene rings is 6. The molecular weight excluding hydrogens is 1350 g/mol. The van der Waals surface area contributed by atoms with Crippen LogP contribution in [0.5, 0.6) is 0 Å². The molecule has 6 N–H and O–H groups in total. The van der Waals surface area contributed by atoms with Crippen molar-refractivity contribution in [2.75, 3.05) is 17.2 Å². The Morgan fingerprint density at radius 2 is 0.854 bits per heavy atom. The van der Waals surface area contributed by atoms with Crippen LogP contribution < -0.4 is 31.9 Å². The van der Waals surface area contributed by atoms with Crippen LogP contribution in [0, 0.1) is 30.3 Å². The quantitative estimate of drug-likeness (QED) is 0.0404. The van der Waals surface area contributed by atoms with Gasteiger partial charge in [0.05, 0.1) is 14.8 Å². The molecule has 7 heterocycles. The molecule has 6 aromatic rings. The van der Waals surface area contributed by atoms with E-state index in [4.69, 9.17) is 12.6 Å². The van der Waals surface area contributed by atoms with Crippen LogP contribution in [0.2, 0.25) is 0 Å². The summed E-state index contributed by atoms with van der Waals surface area (Å²) in [5.41, 5.74) is 12.2. The van der Waals surface area contributed by atoms with Gasteiger partial charge in [0, 0.05) is 148 Å². The molecule has 7 aliphatic rings. The number of non-ortho nitro benzene ring substituents is 3. The minimum Gasteiger partial charge on any atom is -0.388 e. The number of carbonyl (C=O) groups is 6. The number of fused-ring (bicyclic) bond motifs is 6. The van der Waals surface area contributed by atoms with Crippen molar-refractivity contribution in [2.24, 2.45) is 0 Å². The van der Waals surface area contributed by atoms with E-state index in [-0.39, 0.29) is 83.2 Å². The number of nitrogens with one attached hydrogen (secondary N) is 6. The number of halogens is 6. The molecule has 103 heavy (non-hydrogen) atoms. The van der Waals surface area contributed by atoms with Crippen molar-refractivity contribution >= 4 is 71.7 Å². The van der Waals surface area contributed by atoms with Crippen LogP contribution in [0.25, 0.3) is 0 Å². The lowest BCUT2D eigenvalue weighted by Gasteiger charge is -2.35. The Hall–Kier alpha value is -10.1. The summed E-state index contributed by atoms with van der Waals surface area (Å²) < 4.78 is 80.2. The maximum Gasteiger partial charge on any atom is 0.471 e. The van der Waals surface area contributed by atoms with E-state index < -0.39 is 46.1 Å². The molecule has 0 bridgehead atoms. The fraction of sp³-hybridized carbons (Fsp3) is 0.417. The molecule has 13 rings (SSSR count). The summed E-state index contributed by atoms with van der Waals surface area (Å²) in [7, 11) is 5.31. The molecule has 0 spiro atoms. The van der Waals surface area contributed by atoms with Crippen LogP contribution in [0.4, 0.5) is 54.8 Å². The third kappa shape index (κ3) is 23.2. The van der Waals surface area contributed by atoms with Gasteiger partial charge in [-0.15, -0.1) is 0 Å². The van der Waals surface area contributed by atoms with Crippen molar-refractivity contribution in [3.63, 3.8) is 0 Å². The van der Waals surface area contributed by atoms with E-state index in [0.717, 1.165) is 102 Å². The number of hydrogen-bond donors (Lipinski definition) is 6. The highest BCUT2D eigenvalue weighted by Gasteiger charge is 2.46. The van der Waals surface area contributed by atoms with Crippen molar-refractivity contribution < 1.29 is 74.6 Å². The number of ether oxygens (including phenoxy) is 1. The predicted octanol–water partition coefficient (Wildman–Crippen LogP) is 11.1. The Morgan fingerprint density at radius 3 is 1.27 bits per heavy atom. The minimum atomic E-state index is -4.94. The molecule has 1 saturated heterocycles. The van der Waals surface area contributed by atoms with Crippen molar-refractivity contribution in [3.05, 3.63) is 212 Å². The molecule has 6 aromatic carbocycles. The van der Waals surface area contributed by atoms with Gasteiger partial charge in [-0.25, -0.2) is 0 Å². The summed E-state index contributed by atoms with van der Waals surface area (Å²) in [6.07, 6.45) is -3.34. The van der Waals surface area contributed by atoms with Crippen LogP contribution in [0.15, 0.2) is 115 Å². The van der Waals surface area contributed by atoms with Gasteiger partial charge in [0.2, 0.25) is 11.8 Å². The second kappa shape index (κ2) is 35.6. The minimum absolute atomic E-state index is 0.0212. The number of amides is 6. The molecule has 7 unspecified atom stereocenters. The highest BCUT2D eigenvalue weighted by Crippen LogP contribution is 2.33. The lowest BCUT2D eigenvalue weighted by atomic mass is 9.94. The number of hydrogen-bond acceptors (Lipinski definition) is 15. The van der Waals surface area contributed by atoms with Gasteiger partial charge in [-0.1, -0.05) is 48.5 Å². The maximum atomic E-state index is 12.6. The normalized spacial score (nSPS) is 20.2. The Balaban J connectivity index is 0.000000171. The standard InChI is InChI=1S/C14H15F3N2O2.C12H11F3N2O3.C12H16N2O.C10H10N2O3.C10H12N2O2.C10H11NO.C4H7BO/c1-8-5-10-3-4-12(18-9(2)20)6-11(10)7-19(8)13(21)14(15,16)17;1-7-4-8-2-3-10(17(19)20)5-9(8)6-16(7)11(18)12(13,14)15;1-8-5-10-3-4-12(14-9(2)15)6-11(10)7-13-8;1-6-4-7-2-3-8(12(14)15)5-9(7)10(13)11-6;1-7-4-8-2-3-10(12(13)14)5-9(8)6-11-7;1-7-6-8-4-2-3-5-9(8)10(12)11-7;5-4-2-1-3-6-4/h3-4,6,8H,5,7H2,1-2H3,(H,18,20);2-3,5,7H,4,6H2,1H3;3-4,6,8,13H,5,7H2,1-2H3,(H,14,15);2-3,5-6H,4H2,1H3,(H,11,13);2-3,5,7,11H,4,6H2,1H3;2-5,7H,6H2,1H3,(H,11,12);4H,1-3H2. The first-order valence-electron chi connectivity index (χ1n) is 33.3. The average Bonchev–Trinajstić information content (AvgIpc) is 0.863. The summed E-state index contributed by atoms with van der Waals surface area (Å²) >= 11 is 0. The second-order valence-electron chi connectivity index (χ2n) is 26.2. The Morgan fingerprint density at radius 1 is 0.485 bits per heavy atom. The zero-order valence-corrected chi connectivity index (χ0v) is 58.1. The predicted molar refractivity (Wildman–Crippen MR) is 373 cm³/mol. The van der Waals surface area contributed by atoms with Crippen LogP contribution in [0.3, 0.4) is 0 Å². The number of alkyl halides is 6. The van der Waals surface area contributed by atoms with E-state index in [0.29, 0.717) is 45.8 Å². The second-order valence-corrected chi connectivity index (χ2v) is 26.2. The summed E-state index contributed by atoms with van der Waals surface area (Å²) in [6, 6.07) is 32.9. The molecule has 1 fully saturated rings. The van der Waals surface area contributed by atoms with Gasteiger partial charge in [0.1, 0.15) is 7.85 Å². The lowest BCUT2D eigenvalue weighted by molar-refractivity contribution is -0.385. The number of nitro benzene ring substituents is 3. The fourth-order valence-corrected chi connectivity index (χ4v) is 12.4. The van der Waals surface area contributed by atoms with Crippen LogP contribution >= 0.6 is 0 Å². The molecule has 0 aliphatic carbocycles. The monoisotopic (exact) mass is 1430 g/mol. The number of anilines is 2. The third-order valence-corrected chi connectivity index (χ3v) is 17.6. The first kappa shape index (κ1) is 80.2. The van der Waals surface area contributed by atoms with Gasteiger partial charge >= 0.3 is 24.2 Å². The fourth-order valence-electron chi connectivity index (χ4n) is 12.4. The van der Waals surface area contributed by atoms with Gasteiger partial charge < -0.3 is 46.4 Å². The molecule has 24 nitrogen and oxygen atoms in total. The molecule has 6 amide bonds. The SMILES string of the molecule is CC(=O)Nc1ccc2c(c1)CN(C(=O)C(F)(F)F)C(C)C2.CC(=O)Nc1ccc2c(c1)CNC(C)C2.CC1Cc2ccc([N+](=O)[O-])cc2C(=O)N1.CC1Cc2ccc([N+](=O)[O-])cc2CN1.CC1Cc2ccc([N+](=O)[O-])cc2CN1C(=O)C(F)(F)F.CC1Cc2ccccc2C(=O)N1.[B]C1CCCO1. The third-order valence-electron chi connectivity index (χ3n) is 17.6. The smallest absolute Gasteiger partial charge is 0.388 e. The van der Waals surface area contributed by atoms with Gasteiger partial charge in [-0.3, -0.25) is 59.1 Å². The maximum absolute atomic E-state index is 12.6. The van der Waals surface area contributed by atoms with E-state index in [1.165, 1.54) is 67.8 Å². The molecule has 7 aliphatic heterocycles. The molecule has 0 aromatic heterocycles. The first-order valence-corrected chi connectivity index (χ1v) is 33.3. The number of nitrogens with zero attached hydrogens (tertiary/aromatic N) is 5.